The summed E-state index contributed by atoms with van der Waals surface area (Å²) in [7, 11) is 0. The number of hydrogen-bond acceptors (Lipinski definition) is 2. The summed E-state index contributed by atoms with van der Waals surface area (Å²) in [6, 6.07) is 10.7. The summed E-state index contributed by atoms with van der Waals surface area (Å²) < 4.78 is 5.30. The van der Waals surface area contributed by atoms with Gasteiger partial charge in [0.25, 0.3) is 0 Å². The first-order valence-electron chi connectivity index (χ1n) is 7.71. The maximum absolute atomic E-state index is 12.2. The molecule has 0 aromatic heterocycles. The van der Waals surface area contributed by atoms with E-state index in [9.17, 15) is 4.79 Å². The minimum atomic E-state index is 0.0595. The molecule has 2 aliphatic rings. The molecule has 3 rings (SSSR count). The first-order chi connectivity index (χ1) is 9.80. The average molecular weight is 273 g/mol. The molecule has 1 aliphatic carbocycles. The number of carbonyl (C=O) groups is 1. The molecule has 1 amide bonds. The molecular weight excluding hydrogens is 250 g/mol. The summed E-state index contributed by atoms with van der Waals surface area (Å²) in [6.45, 7) is 2.08. The van der Waals surface area contributed by atoms with Crippen LogP contribution in [0.5, 0.6) is 0 Å². The van der Waals surface area contributed by atoms with Crippen molar-refractivity contribution in [2.24, 2.45) is 5.92 Å². The molecule has 1 saturated carbocycles. The van der Waals surface area contributed by atoms with Crippen molar-refractivity contribution in [3.8, 4) is 0 Å². The minimum absolute atomic E-state index is 0.0595. The highest BCUT2D eigenvalue weighted by molar-refractivity contribution is 5.79. The van der Waals surface area contributed by atoms with Crippen molar-refractivity contribution < 1.29 is 9.53 Å². The molecule has 1 N–H and O–H groups in total. The Morgan fingerprint density at radius 3 is 2.65 bits per heavy atom. The smallest absolute Gasteiger partial charge is 0.225 e. The molecule has 0 radical (unpaired) electrons. The Morgan fingerprint density at radius 1 is 1.25 bits per heavy atom. The Bertz CT molecular complexity index is 445. The lowest BCUT2D eigenvalue weighted by molar-refractivity contribution is -0.125. The van der Waals surface area contributed by atoms with E-state index in [-0.39, 0.29) is 17.2 Å². The van der Waals surface area contributed by atoms with E-state index >= 15 is 0 Å². The molecule has 0 bridgehead atoms. The molecule has 1 aromatic carbocycles. The maximum atomic E-state index is 12.2. The molecule has 2 fully saturated rings. The molecule has 1 heterocycles. The van der Waals surface area contributed by atoms with Gasteiger partial charge in [-0.3, -0.25) is 4.79 Å². The second kappa shape index (κ2) is 5.96. The van der Waals surface area contributed by atoms with Crippen molar-refractivity contribution in [1.82, 2.24) is 5.32 Å². The van der Waals surface area contributed by atoms with E-state index in [2.05, 4.69) is 35.6 Å². The lowest BCUT2D eigenvalue weighted by atomic mass is 9.78. The van der Waals surface area contributed by atoms with Crippen LogP contribution in [-0.2, 0) is 14.9 Å². The molecule has 1 aromatic rings. The van der Waals surface area contributed by atoms with Gasteiger partial charge in [-0.2, -0.15) is 0 Å². The van der Waals surface area contributed by atoms with E-state index in [4.69, 9.17) is 4.74 Å². The summed E-state index contributed by atoms with van der Waals surface area (Å²) in [4.78, 5) is 12.2. The van der Waals surface area contributed by atoms with Gasteiger partial charge in [0.2, 0.25) is 5.91 Å². The summed E-state index contributed by atoms with van der Waals surface area (Å²) in [5.74, 6) is 0.230. The quantitative estimate of drug-likeness (QED) is 0.916. The topological polar surface area (TPSA) is 38.3 Å². The lowest BCUT2D eigenvalue weighted by Gasteiger charge is -2.30. The van der Waals surface area contributed by atoms with Crippen LogP contribution < -0.4 is 5.32 Å². The number of nitrogens with one attached hydrogen (secondary N) is 1. The highest BCUT2D eigenvalue weighted by Crippen LogP contribution is 2.40. The first kappa shape index (κ1) is 13.6. The molecule has 3 nitrogen and oxygen atoms in total. The van der Waals surface area contributed by atoms with Crippen molar-refractivity contribution >= 4 is 5.91 Å². The van der Waals surface area contributed by atoms with E-state index in [1.165, 1.54) is 31.2 Å². The zero-order chi connectivity index (χ0) is 13.8. The molecule has 1 atom stereocenters. The molecule has 108 valence electrons. The number of rotatable bonds is 4. The summed E-state index contributed by atoms with van der Waals surface area (Å²) >= 11 is 0. The van der Waals surface area contributed by atoms with Crippen LogP contribution in [0, 0.1) is 5.92 Å². The van der Waals surface area contributed by atoms with Crippen molar-refractivity contribution in [3.63, 3.8) is 0 Å². The predicted molar refractivity (Wildman–Crippen MR) is 78.5 cm³/mol. The van der Waals surface area contributed by atoms with Crippen molar-refractivity contribution in [3.05, 3.63) is 35.9 Å². The van der Waals surface area contributed by atoms with Gasteiger partial charge < -0.3 is 10.1 Å². The van der Waals surface area contributed by atoms with E-state index in [0.717, 1.165) is 19.6 Å². The third-order valence-corrected chi connectivity index (χ3v) is 4.85. The van der Waals surface area contributed by atoms with Gasteiger partial charge in [0.1, 0.15) is 0 Å². The van der Waals surface area contributed by atoms with Crippen molar-refractivity contribution in [2.75, 3.05) is 19.8 Å². The fraction of sp³-hybridized carbons (Fsp3) is 0.588. The Balaban J connectivity index is 1.67. The number of ether oxygens (including phenoxy) is 1. The van der Waals surface area contributed by atoms with E-state index < -0.39 is 0 Å². The highest BCUT2D eigenvalue weighted by atomic mass is 16.5. The van der Waals surface area contributed by atoms with Crippen LogP contribution in [0.15, 0.2) is 30.3 Å². The van der Waals surface area contributed by atoms with Crippen molar-refractivity contribution in [1.29, 1.82) is 0 Å². The van der Waals surface area contributed by atoms with Gasteiger partial charge in [-0.15, -0.1) is 0 Å². The lowest BCUT2D eigenvalue weighted by Crippen LogP contribution is -2.41. The Labute approximate surface area is 120 Å². The molecule has 0 spiro atoms. The molecule has 1 saturated heterocycles. The maximum Gasteiger partial charge on any atom is 0.225 e. The normalized spacial score (nSPS) is 24.7. The molecule has 20 heavy (non-hydrogen) atoms. The van der Waals surface area contributed by atoms with Crippen molar-refractivity contribution in [2.45, 2.75) is 37.5 Å². The van der Waals surface area contributed by atoms with Gasteiger partial charge in [-0.05, 0) is 24.8 Å². The van der Waals surface area contributed by atoms with Crippen LogP contribution in [0.25, 0.3) is 0 Å². The average Bonchev–Trinajstić information content (AvgIpc) is 3.18. The standard InChI is InChI=1S/C17H23NO2/c19-16(14-8-11-20-12-14)18-13-17(9-4-5-10-17)15-6-2-1-3-7-15/h1-3,6-7,14H,4-5,8-13H2,(H,18,19). The van der Waals surface area contributed by atoms with Gasteiger partial charge in [-0.25, -0.2) is 0 Å². The van der Waals surface area contributed by atoms with Gasteiger partial charge >= 0.3 is 0 Å². The molecular formula is C17H23NO2. The van der Waals surface area contributed by atoms with Gasteiger partial charge in [-0.1, -0.05) is 43.2 Å². The Hall–Kier alpha value is -1.35. The first-order valence-corrected chi connectivity index (χ1v) is 7.71. The fourth-order valence-corrected chi connectivity index (χ4v) is 3.55. The molecule has 1 unspecified atom stereocenters. The number of hydrogen-bond donors (Lipinski definition) is 1. The summed E-state index contributed by atoms with van der Waals surface area (Å²) in [6.07, 6.45) is 5.75. The predicted octanol–water partition coefficient (Wildman–Crippen LogP) is 2.65. The van der Waals surface area contributed by atoms with Gasteiger partial charge in [0, 0.05) is 18.6 Å². The number of benzene rings is 1. The SMILES string of the molecule is O=C(NCC1(c2ccccc2)CCCC1)C1CCOC1. The van der Waals surface area contributed by atoms with Crippen LogP contribution in [0.4, 0.5) is 0 Å². The molecule has 3 heteroatoms. The number of amides is 1. The molecule has 1 aliphatic heterocycles. The Kier molecular flexibility index (Phi) is 4.06. The monoisotopic (exact) mass is 273 g/mol. The van der Waals surface area contributed by atoms with E-state index in [1.807, 2.05) is 0 Å². The van der Waals surface area contributed by atoms with Gasteiger partial charge in [0.05, 0.1) is 12.5 Å². The minimum Gasteiger partial charge on any atom is -0.381 e. The van der Waals surface area contributed by atoms with Gasteiger partial charge in [0.15, 0.2) is 0 Å². The van der Waals surface area contributed by atoms with Crippen LogP contribution in [0.2, 0.25) is 0 Å². The zero-order valence-electron chi connectivity index (χ0n) is 11.9. The second-order valence-corrected chi connectivity index (χ2v) is 6.13. The highest BCUT2D eigenvalue weighted by Gasteiger charge is 2.36. The van der Waals surface area contributed by atoms with Crippen LogP contribution in [0.3, 0.4) is 0 Å². The van der Waals surface area contributed by atoms with Crippen LogP contribution in [0.1, 0.15) is 37.7 Å². The summed E-state index contributed by atoms with van der Waals surface area (Å²) in [5, 5.41) is 3.19. The number of carbonyl (C=O) groups excluding carboxylic acids is 1. The van der Waals surface area contributed by atoms with E-state index in [0.29, 0.717) is 6.61 Å². The van der Waals surface area contributed by atoms with Crippen LogP contribution in [-0.4, -0.2) is 25.7 Å². The van der Waals surface area contributed by atoms with E-state index in [1.54, 1.807) is 0 Å². The zero-order valence-corrected chi connectivity index (χ0v) is 11.9. The summed E-state index contributed by atoms with van der Waals surface area (Å²) in [5.41, 5.74) is 1.52. The third-order valence-electron chi connectivity index (χ3n) is 4.85. The second-order valence-electron chi connectivity index (χ2n) is 6.13. The third kappa shape index (κ3) is 2.73. The largest absolute Gasteiger partial charge is 0.381 e. The fourth-order valence-electron chi connectivity index (χ4n) is 3.55. The Morgan fingerprint density at radius 2 is 2.00 bits per heavy atom. The van der Waals surface area contributed by atoms with Crippen LogP contribution >= 0.6 is 0 Å².